The van der Waals surface area contributed by atoms with Gasteiger partial charge in [0, 0.05) is 24.0 Å². The van der Waals surface area contributed by atoms with Crippen LogP contribution in [0.3, 0.4) is 0 Å². The van der Waals surface area contributed by atoms with E-state index in [2.05, 4.69) is 9.97 Å². The Morgan fingerprint density at radius 2 is 2.24 bits per heavy atom. The summed E-state index contributed by atoms with van der Waals surface area (Å²) in [5.41, 5.74) is 8.55. The Bertz CT molecular complexity index is 745. The molecular formula is C14H15N5OS. The first-order chi connectivity index (χ1) is 9.93. The van der Waals surface area contributed by atoms with Gasteiger partial charge in [-0.25, -0.2) is 9.97 Å². The topological polar surface area (TPSA) is 97.6 Å². The Kier molecular flexibility index (Phi) is 4.29. The van der Waals surface area contributed by atoms with Crippen LogP contribution >= 0.6 is 11.8 Å². The lowest BCUT2D eigenvalue weighted by atomic mass is 10.2. The summed E-state index contributed by atoms with van der Waals surface area (Å²) in [6.45, 7) is 3.88. The van der Waals surface area contributed by atoms with Crippen molar-refractivity contribution in [1.29, 1.82) is 5.26 Å². The minimum Gasteiger partial charge on any atom is -0.382 e. The molecule has 0 aromatic carbocycles. The zero-order valence-corrected chi connectivity index (χ0v) is 12.9. The predicted octanol–water partition coefficient (Wildman–Crippen LogP) is 1.86. The number of anilines is 1. The maximum absolute atomic E-state index is 12.2. The second kappa shape index (κ2) is 5.97. The third kappa shape index (κ3) is 3.06. The molecule has 2 aromatic heterocycles. The second-order valence-electron chi connectivity index (χ2n) is 4.62. The summed E-state index contributed by atoms with van der Waals surface area (Å²) in [6.07, 6.45) is 1.37. The van der Waals surface area contributed by atoms with Gasteiger partial charge in [-0.1, -0.05) is 11.8 Å². The van der Waals surface area contributed by atoms with Crippen LogP contribution in [0.4, 0.5) is 5.82 Å². The summed E-state index contributed by atoms with van der Waals surface area (Å²) in [5.74, 6) is 0.386. The maximum Gasteiger partial charge on any atom is 0.189 e. The highest BCUT2D eigenvalue weighted by Crippen LogP contribution is 2.20. The van der Waals surface area contributed by atoms with Gasteiger partial charge in [-0.2, -0.15) is 5.26 Å². The summed E-state index contributed by atoms with van der Waals surface area (Å²) in [6, 6.07) is 3.78. The molecule has 0 spiro atoms. The van der Waals surface area contributed by atoms with Crippen molar-refractivity contribution in [2.24, 2.45) is 7.05 Å². The monoisotopic (exact) mass is 301 g/mol. The van der Waals surface area contributed by atoms with Crippen molar-refractivity contribution in [3.63, 3.8) is 0 Å². The summed E-state index contributed by atoms with van der Waals surface area (Å²) < 4.78 is 1.98. The van der Waals surface area contributed by atoms with Gasteiger partial charge in [-0.05, 0) is 19.9 Å². The number of carbonyl (C=O) groups excluding carboxylic acids is 1. The van der Waals surface area contributed by atoms with Crippen molar-refractivity contribution in [2.75, 3.05) is 11.5 Å². The first kappa shape index (κ1) is 15.1. The molecular weight excluding hydrogens is 286 g/mol. The quantitative estimate of drug-likeness (QED) is 0.526. The van der Waals surface area contributed by atoms with E-state index in [4.69, 9.17) is 11.0 Å². The van der Waals surface area contributed by atoms with Crippen LogP contribution in [0, 0.1) is 25.2 Å². The van der Waals surface area contributed by atoms with E-state index in [0.717, 1.165) is 11.4 Å². The fourth-order valence-electron chi connectivity index (χ4n) is 1.88. The Labute approximate surface area is 127 Å². The van der Waals surface area contributed by atoms with E-state index in [-0.39, 0.29) is 22.9 Å². The molecule has 0 amide bonds. The molecule has 6 nitrogen and oxygen atoms in total. The van der Waals surface area contributed by atoms with Gasteiger partial charge < -0.3 is 10.3 Å². The molecule has 7 heteroatoms. The number of thioether (sulfide) groups is 1. The molecule has 0 radical (unpaired) electrons. The molecule has 0 fully saturated rings. The van der Waals surface area contributed by atoms with Gasteiger partial charge in [0.2, 0.25) is 0 Å². The zero-order valence-electron chi connectivity index (χ0n) is 12.0. The van der Waals surface area contributed by atoms with E-state index < -0.39 is 0 Å². The van der Waals surface area contributed by atoms with Crippen LogP contribution in [0.5, 0.6) is 0 Å². The van der Waals surface area contributed by atoms with Crippen molar-refractivity contribution in [3.8, 4) is 6.07 Å². The molecule has 21 heavy (non-hydrogen) atoms. The number of hydrogen-bond acceptors (Lipinski definition) is 6. The molecule has 0 aliphatic carbocycles. The SMILES string of the molecule is Cc1cc(C(=O)CSc2ncc(C#N)c(N)n2)c(C)n1C. The van der Waals surface area contributed by atoms with Gasteiger partial charge in [0.05, 0.1) is 11.9 Å². The van der Waals surface area contributed by atoms with Crippen LogP contribution in [0.25, 0.3) is 0 Å². The molecule has 2 aromatic rings. The molecule has 2 heterocycles. The number of hydrogen-bond donors (Lipinski definition) is 1. The molecule has 2 N–H and O–H groups in total. The lowest BCUT2D eigenvalue weighted by Gasteiger charge is -2.03. The van der Waals surface area contributed by atoms with Crippen LogP contribution in [-0.2, 0) is 7.05 Å². The van der Waals surface area contributed by atoms with Gasteiger partial charge in [-0.15, -0.1) is 0 Å². The molecule has 0 bridgehead atoms. The third-order valence-corrected chi connectivity index (χ3v) is 4.19. The summed E-state index contributed by atoms with van der Waals surface area (Å²) in [4.78, 5) is 20.3. The lowest BCUT2D eigenvalue weighted by Crippen LogP contribution is -2.06. The van der Waals surface area contributed by atoms with E-state index in [1.165, 1.54) is 18.0 Å². The summed E-state index contributed by atoms with van der Waals surface area (Å²) in [7, 11) is 1.93. The number of carbonyl (C=O) groups is 1. The van der Waals surface area contributed by atoms with Gasteiger partial charge in [0.1, 0.15) is 17.5 Å². The minimum absolute atomic E-state index is 0.0210. The van der Waals surface area contributed by atoms with Crippen LogP contribution in [0.1, 0.15) is 27.3 Å². The number of Topliss-reactive ketones (excluding diaryl/α,β-unsaturated/α-hetero) is 1. The van der Waals surface area contributed by atoms with Crippen LogP contribution in [0.15, 0.2) is 17.4 Å². The van der Waals surface area contributed by atoms with E-state index in [9.17, 15) is 4.79 Å². The zero-order chi connectivity index (χ0) is 15.6. The molecule has 0 aliphatic heterocycles. The normalized spacial score (nSPS) is 10.4. The number of rotatable bonds is 4. The van der Waals surface area contributed by atoms with Gasteiger partial charge >= 0.3 is 0 Å². The lowest BCUT2D eigenvalue weighted by molar-refractivity contribution is 0.102. The third-order valence-electron chi connectivity index (χ3n) is 3.32. The molecule has 108 valence electrons. The van der Waals surface area contributed by atoms with Crippen molar-refractivity contribution in [1.82, 2.24) is 14.5 Å². The standard InChI is InChI=1S/C14H15N5OS/c1-8-4-11(9(2)19(8)3)12(20)7-21-14-17-6-10(5-15)13(16)18-14/h4,6H,7H2,1-3H3,(H2,16,17,18). The van der Waals surface area contributed by atoms with Crippen molar-refractivity contribution < 1.29 is 4.79 Å². The molecule has 0 atom stereocenters. The average molecular weight is 301 g/mol. The number of nitrogens with two attached hydrogens (primary N) is 1. The predicted molar refractivity (Wildman–Crippen MR) is 81.1 cm³/mol. The van der Waals surface area contributed by atoms with Gasteiger partial charge in [-0.3, -0.25) is 4.79 Å². The maximum atomic E-state index is 12.2. The van der Waals surface area contributed by atoms with Gasteiger partial charge in [0.25, 0.3) is 0 Å². The number of nitrogens with zero attached hydrogens (tertiary/aromatic N) is 4. The van der Waals surface area contributed by atoms with Crippen molar-refractivity contribution in [3.05, 3.63) is 34.8 Å². The Morgan fingerprint density at radius 1 is 1.52 bits per heavy atom. The van der Waals surface area contributed by atoms with Crippen molar-refractivity contribution in [2.45, 2.75) is 19.0 Å². The fraction of sp³-hybridized carbons (Fsp3) is 0.286. The highest BCUT2D eigenvalue weighted by Gasteiger charge is 2.15. The first-order valence-corrected chi connectivity index (χ1v) is 7.24. The van der Waals surface area contributed by atoms with E-state index in [0.29, 0.717) is 10.7 Å². The van der Waals surface area contributed by atoms with Crippen molar-refractivity contribution >= 4 is 23.4 Å². The van der Waals surface area contributed by atoms with E-state index in [1.807, 2.05) is 37.6 Å². The average Bonchev–Trinajstić information content (AvgIpc) is 2.72. The van der Waals surface area contributed by atoms with E-state index >= 15 is 0 Å². The van der Waals surface area contributed by atoms with Gasteiger partial charge in [0.15, 0.2) is 10.9 Å². The van der Waals surface area contributed by atoms with Crippen LogP contribution in [-0.4, -0.2) is 26.1 Å². The number of ketones is 1. The Morgan fingerprint density at radius 3 is 2.76 bits per heavy atom. The van der Waals surface area contributed by atoms with Crippen LogP contribution in [0.2, 0.25) is 0 Å². The minimum atomic E-state index is 0.0210. The molecule has 0 saturated heterocycles. The highest BCUT2D eigenvalue weighted by molar-refractivity contribution is 7.99. The Balaban J connectivity index is 2.09. The number of aromatic nitrogens is 3. The molecule has 0 unspecified atom stereocenters. The smallest absolute Gasteiger partial charge is 0.189 e. The largest absolute Gasteiger partial charge is 0.382 e. The number of aryl methyl sites for hydroxylation is 1. The Hall–Kier alpha value is -2.33. The van der Waals surface area contributed by atoms with Crippen LogP contribution < -0.4 is 5.73 Å². The molecule has 0 aliphatic rings. The van der Waals surface area contributed by atoms with E-state index in [1.54, 1.807) is 0 Å². The summed E-state index contributed by atoms with van der Waals surface area (Å²) >= 11 is 1.21. The highest BCUT2D eigenvalue weighted by atomic mass is 32.2. The molecule has 0 saturated carbocycles. The molecule has 2 rings (SSSR count). The first-order valence-electron chi connectivity index (χ1n) is 6.25. The summed E-state index contributed by atoms with van der Waals surface area (Å²) in [5, 5.41) is 9.16. The second-order valence-corrected chi connectivity index (χ2v) is 5.56. The number of nitrogen functional groups attached to an aromatic ring is 1. The fourth-order valence-corrected chi connectivity index (χ4v) is 2.59. The number of nitriles is 1.